The summed E-state index contributed by atoms with van der Waals surface area (Å²) in [5.41, 5.74) is -4.28. The van der Waals surface area contributed by atoms with Crippen LogP contribution < -0.4 is 0 Å². The lowest BCUT2D eigenvalue weighted by atomic mass is 10.1. The zero-order valence-corrected chi connectivity index (χ0v) is 11.7. The fourth-order valence-corrected chi connectivity index (χ4v) is 1.60. The molecule has 0 N–H and O–H groups in total. The smallest absolute Gasteiger partial charge is 0.461 e. The molecule has 0 heterocycles. The third-order valence-corrected chi connectivity index (χ3v) is 2.66. The van der Waals surface area contributed by atoms with Gasteiger partial charge in [0.1, 0.15) is 6.61 Å². The van der Waals surface area contributed by atoms with Crippen molar-refractivity contribution in [2.24, 2.45) is 0 Å². The molecular formula is C13H7F11O. The zero-order valence-electron chi connectivity index (χ0n) is 11.7. The fraction of sp³-hybridized carbons (Fsp3) is 0.385. The van der Waals surface area contributed by atoms with Gasteiger partial charge in [-0.15, -0.1) is 0 Å². The van der Waals surface area contributed by atoms with Gasteiger partial charge in [0.05, 0.1) is 0 Å². The number of hydrogen-bond acceptors (Lipinski definition) is 1. The minimum Gasteiger partial charge on any atom is -0.486 e. The topological polar surface area (TPSA) is 9.23 Å². The SMILES string of the molecule is FC(F)(F)C(=C(OCc1ccccc1)C(F)(F)C(F)(F)F)C(F)(F)F. The van der Waals surface area contributed by atoms with Crippen LogP contribution in [0.2, 0.25) is 0 Å². The molecule has 0 bridgehead atoms. The van der Waals surface area contributed by atoms with Gasteiger partial charge in [-0.2, -0.15) is 48.3 Å². The highest BCUT2D eigenvalue weighted by Crippen LogP contribution is 2.49. The number of halogens is 11. The Kier molecular flexibility index (Phi) is 5.65. The van der Waals surface area contributed by atoms with Gasteiger partial charge < -0.3 is 4.74 Å². The van der Waals surface area contributed by atoms with Crippen molar-refractivity contribution in [3.8, 4) is 0 Å². The van der Waals surface area contributed by atoms with E-state index in [0.29, 0.717) is 0 Å². The van der Waals surface area contributed by atoms with Crippen molar-refractivity contribution in [3.63, 3.8) is 0 Å². The van der Waals surface area contributed by atoms with E-state index in [1.807, 2.05) is 0 Å². The molecule has 0 aliphatic carbocycles. The van der Waals surface area contributed by atoms with Crippen LogP contribution in [0.4, 0.5) is 48.3 Å². The summed E-state index contributed by atoms with van der Waals surface area (Å²) >= 11 is 0. The molecule has 0 aromatic heterocycles. The molecule has 1 aromatic carbocycles. The van der Waals surface area contributed by atoms with Gasteiger partial charge in [0.15, 0.2) is 11.3 Å². The number of benzene rings is 1. The summed E-state index contributed by atoms with van der Waals surface area (Å²) in [6.45, 7) is -1.36. The lowest BCUT2D eigenvalue weighted by Crippen LogP contribution is -2.43. The number of hydrogen-bond donors (Lipinski definition) is 0. The minimum absolute atomic E-state index is 0.221. The molecule has 1 aromatic rings. The first kappa shape index (κ1) is 21.0. The van der Waals surface area contributed by atoms with Crippen molar-refractivity contribution in [1.29, 1.82) is 0 Å². The van der Waals surface area contributed by atoms with Crippen LogP contribution in [0.5, 0.6) is 0 Å². The second kappa shape index (κ2) is 6.71. The Labute approximate surface area is 132 Å². The Balaban J connectivity index is 3.53. The second-order valence-corrected chi connectivity index (χ2v) is 4.55. The van der Waals surface area contributed by atoms with Crippen LogP contribution in [0.25, 0.3) is 0 Å². The van der Waals surface area contributed by atoms with Crippen LogP contribution >= 0.6 is 0 Å². The van der Waals surface area contributed by atoms with Crippen molar-refractivity contribution in [2.45, 2.75) is 31.1 Å². The Morgan fingerprint density at radius 3 is 1.52 bits per heavy atom. The largest absolute Gasteiger partial charge is 0.486 e. The molecule has 0 aliphatic heterocycles. The van der Waals surface area contributed by atoms with Gasteiger partial charge in [0, 0.05) is 0 Å². The molecule has 0 spiro atoms. The normalized spacial score (nSPS) is 13.6. The summed E-state index contributed by atoms with van der Waals surface area (Å²) in [7, 11) is 0. The first-order valence-electron chi connectivity index (χ1n) is 6.09. The van der Waals surface area contributed by atoms with Gasteiger partial charge in [-0.1, -0.05) is 30.3 Å². The van der Waals surface area contributed by atoms with Gasteiger partial charge in [0.25, 0.3) is 0 Å². The van der Waals surface area contributed by atoms with E-state index >= 15 is 0 Å². The Hall–Kier alpha value is -2.01. The number of allylic oxidation sites excluding steroid dienone is 2. The van der Waals surface area contributed by atoms with Crippen molar-refractivity contribution in [3.05, 3.63) is 47.2 Å². The Morgan fingerprint density at radius 1 is 0.720 bits per heavy atom. The first-order chi connectivity index (χ1) is 11.1. The highest BCUT2D eigenvalue weighted by Gasteiger charge is 2.67. The number of alkyl halides is 11. The maximum absolute atomic E-state index is 13.3. The van der Waals surface area contributed by atoms with E-state index in [1.165, 1.54) is 18.2 Å². The quantitative estimate of drug-likeness (QED) is 0.470. The standard InChI is InChI=1S/C13H7F11O/c14-10(15,13(22,23)24)9(8(11(16,17)18)12(19,20)21)25-6-7-4-2-1-3-5-7/h1-5H,6H2. The van der Waals surface area contributed by atoms with E-state index in [-0.39, 0.29) is 5.56 Å². The molecule has 0 radical (unpaired) electrons. The van der Waals surface area contributed by atoms with Crippen LogP contribution in [0.1, 0.15) is 5.56 Å². The molecule has 0 unspecified atom stereocenters. The van der Waals surface area contributed by atoms with Gasteiger partial charge in [-0.05, 0) is 5.56 Å². The molecular weight excluding hydrogens is 381 g/mol. The average Bonchev–Trinajstić information content (AvgIpc) is 2.40. The third-order valence-electron chi connectivity index (χ3n) is 2.66. The van der Waals surface area contributed by atoms with Crippen molar-refractivity contribution < 1.29 is 53.0 Å². The van der Waals surface area contributed by atoms with E-state index in [0.717, 1.165) is 12.1 Å². The molecule has 0 saturated carbocycles. The number of rotatable bonds is 4. The van der Waals surface area contributed by atoms with Gasteiger partial charge in [-0.25, -0.2) is 0 Å². The second-order valence-electron chi connectivity index (χ2n) is 4.55. The van der Waals surface area contributed by atoms with E-state index in [9.17, 15) is 48.3 Å². The highest BCUT2D eigenvalue weighted by molar-refractivity contribution is 5.27. The summed E-state index contributed by atoms with van der Waals surface area (Å²) in [6, 6.07) is 5.90. The monoisotopic (exact) mass is 388 g/mol. The lowest BCUT2D eigenvalue weighted by Gasteiger charge is -2.27. The molecule has 142 valence electrons. The van der Waals surface area contributed by atoms with E-state index in [2.05, 4.69) is 4.74 Å². The van der Waals surface area contributed by atoms with Gasteiger partial charge in [-0.3, -0.25) is 0 Å². The summed E-state index contributed by atoms with van der Waals surface area (Å²) in [6.07, 6.45) is -19.8. The molecule has 0 amide bonds. The first-order valence-corrected chi connectivity index (χ1v) is 6.09. The molecule has 12 heteroatoms. The molecule has 25 heavy (non-hydrogen) atoms. The fourth-order valence-electron chi connectivity index (χ4n) is 1.60. The van der Waals surface area contributed by atoms with Gasteiger partial charge >= 0.3 is 24.5 Å². The highest BCUT2D eigenvalue weighted by atomic mass is 19.4. The van der Waals surface area contributed by atoms with E-state index in [1.54, 1.807) is 0 Å². The molecule has 0 atom stereocenters. The van der Waals surface area contributed by atoms with Gasteiger partial charge in [0.2, 0.25) is 0 Å². The Bertz CT molecular complexity index is 592. The molecule has 0 fully saturated rings. The molecule has 1 nitrogen and oxygen atoms in total. The van der Waals surface area contributed by atoms with E-state index < -0.39 is 42.4 Å². The van der Waals surface area contributed by atoms with Crippen LogP contribution in [0, 0.1) is 0 Å². The van der Waals surface area contributed by atoms with Crippen LogP contribution in [-0.4, -0.2) is 24.5 Å². The van der Waals surface area contributed by atoms with Crippen molar-refractivity contribution in [2.75, 3.05) is 0 Å². The maximum atomic E-state index is 13.3. The van der Waals surface area contributed by atoms with Crippen LogP contribution in [0.3, 0.4) is 0 Å². The summed E-state index contributed by atoms with van der Waals surface area (Å²) in [4.78, 5) is 0. The van der Waals surface area contributed by atoms with Crippen LogP contribution in [0.15, 0.2) is 41.7 Å². The zero-order chi connectivity index (χ0) is 19.7. The van der Waals surface area contributed by atoms with Crippen molar-refractivity contribution >= 4 is 0 Å². The predicted molar refractivity (Wildman–Crippen MR) is 61.4 cm³/mol. The summed E-state index contributed by atoms with van der Waals surface area (Å²) in [5, 5.41) is 0. The summed E-state index contributed by atoms with van der Waals surface area (Å²) in [5.74, 6) is -10.1. The Morgan fingerprint density at radius 2 is 1.16 bits per heavy atom. The minimum atomic E-state index is -6.74. The maximum Gasteiger partial charge on any atom is 0.461 e. The predicted octanol–water partition coefficient (Wildman–Crippen LogP) is 5.78. The molecule has 0 saturated heterocycles. The number of ether oxygens (including phenoxy) is 1. The molecule has 0 aliphatic rings. The van der Waals surface area contributed by atoms with Crippen LogP contribution in [-0.2, 0) is 11.3 Å². The summed E-state index contributed by atoms with van der Waals surface area (Å²) < 4.78 is 143. The van der Waals surface area contributed by atoms with Crippen molar-refractivity contribution in [1.82, 2.24) is 0 Å². The van der Waals surface area contributed by atoms with E-state index in [4.69, 9.17) is 0 Å². The third kappa shape index (κ3) is 4.98. The molecule has 1 rings (SSSR count). The lowest BCUT2D eigenvalue weighted by molar-refractivity contribution is -0.282. The average molecular weight is 388 g/mol.